The van der Waals surface area contributed by atoms with Crippen LogP contribution in [-0.4, -0.2) is 30.4 Å². The van der Waals surface area contributed by atoms with Crippen molar-refractivity contribution in [1.29, 1.82) is 0 Å². The fraction of sp³-hybridized carbons (Fsp3) is 0.529. The average molecular weight is 304 g/mol. The lowest BCUT2D eigenvalue weighted by Crippen LogP contribution is -2.46. The lowest BCUT2D eigenvalue weighted by atomic mass is 9.91. The molecule has 5 heteroatoms. The number of amides is 1. The Bertz CT molecular complexity index is 603. The Morgan fingerprint density at radius 1 is 1.32 bits per heavy atom. The first-order chi connectivity index (χ1) is 10.2. The molecule has 120 valence electrons. The molecule has 1 aromatic carbocycles. The third-order valence-corrected chi connectivity index (χ3v) is 3.67. The van der Waals surface area contributed by atoms with E-state index in [1.807, 2.05) is 27.7 Å². The summed E-state index contributed by atoms with van der Waals surface area (Å²) in [7, 11) is 1.56. The summed E-state index contributed by atoms with van der Waals surface area (Å²) in [5.41, 5.74) is 2.01. The van der Waals surface area contributed by atoms with Crippen LogP contribution in [0.4, 0.5) is 5.69 Å². The van der Waals surface area contributed by atoms with Gasteiger partial charge in [0.2, 0.25) is 5.91 Å². The zero-order chi connectivity index (χ0) is 16.5. The SMILES string of the molecule is COc1ccc(C(=O)C(C)NC(C)(C)C)c2c1NC(=O)CC2. The van der Waals surface area contributed by atoms with Crippen LogP contribution in [0.5, 0.6) is 5.75 Å². The van der Waals surface area contributed by atoms with E-state index in [-0.39, 0.29) is 23.3 Å². The number of carbonyl (C=O) groups is 2. The van der Waals surface area contributed by atoms with E-state index in [2.05, 4.69) is 10.6 Å². The number of nitrogens with one attached hydrogen (secondary N) is 2. The number of fused-ring (bicyclic) bond motifs is 1. The number of hydrogen-bond acceptors (Lipinski definition) is 4. The van der Waals surface area contributed by atoms with Gasteiger partial charge in [-0.3, -0.25) is 9.59 Å². The van der Waals surface area contributed by atoms with Crippen molar-refractivity contribution in [2.75, 3.05) is 12.4 Å². The second-order valence-corrected chi connectivity index (χ2v) is 6.70. The van der Waals surface area contributed by atoms with E-state index in [4.69, 9.17) is 4.74 Å². The van der Waals surface area contributed by atoms with Gasteiger partial charge in [-0.15, -0.1) is 0 Å². The summed E-state index contributed by atoms with van der Waals surface area (Å²) < 4.78 is 5.30. The van der Waals surface area contributed by atoms with Crippen LogP contribution in [0.3, 0.4) is 0 Å². The standard InChI is InChI=1S/C17H24N2O3/c1-10(19-17(2,3)4)16(21)12-6-8-13(22-5)15-11(12)7-9-14(20)18-15/h6,8,10,19H,7,9H2,1-5H3,(H,18,20). The average Bonchev–Trinajstić information content (AvgIpc) is 2.43. The van der Waals surface area contributed by atoms with Crippen molar-refractivity contribution < 1.29 is 14.3 Å². The third kappa shape index (κ3) is 3.47. The van der Waals surface area contributed by atoms with Gasteiger partial charge < -0.3 is 15.4 Å². The van der Waals surface area contributed by atoms with Crippen LogP contribution in [0.25, 0.3) is 0 Å². The number of ketones is 1. The van der Waals surface area contributed by atoms with Crippen LogP contribution < -0.4 is 15.4 Å². The molecule has 1 aliphatic rings. The molecule has 0 saturated carbocycles. The van der Waals surface area contributed by atoms with Gasteiger partial charge in [0.05, 0.1) is 18.8 Å². The van der Waals surface area contributed by atoms with Crippen molar-refractivity contribution in [3.63, 3.8) is 0 Å². The molecule has 2 N–H and O–H groups in total. The van der Waals surface area contributed by atoms with E-state index in [0.717, 1.165) is 5.56 Å². The first-order valence-electron chi connectivity index (χ1n) is 7.54. The molecule has 2 rings (SSSR count). The van der Waals surface area contributed by atoms with Gasteiger partial charge in [-0.25, -0.2) is 0 Å². The zero-order valence-corrected chi connectivity index (χ0v) is 13.9. The van der Waals surface area contributed by atoms with Crippen LogP contribution in [0.2, 0.25) is 0 Å². The maximum atomic E-state index is 12.8. The van der Waals surface area contributed by atoms with Gasteiger partial charge >= 0.3 is 0 Å². The Labute approximate surface area is 131 Å². The van der Waals surface area contributed by atoms with Gasteiger partial charge in [-0.2, -0.15) is 0 Å². The lowest BCUT2D eigenvalue weighted by Gasteiger charge is -2.27. The Hall–Kier alpha value is -1.88. The molecule has 1 aliphatic heterocycles. The number of Topliss-reactive ketones (excluding diaryl/α,β-unsaturated/α-hetero) is 1. The largest absolute Gasteiger partial charge is 0.495 e. The summed E-state index contributed by atoms with van der Waals surface area (Å²) in [6.07, 6.45) is 0.948. The van der Waals surface area contributed by atoms with Crippen molar-refractivity contribution in [1.82, 2.24) is 5.32 Å². The predicted octanol–water partition coefficient (Wildman–Crippen LogP) is 2.54. The summed E-state index contributed by atoms with van der Waals surface area (Å²) >= 11 is 0. The van der Waals surface area contributed by atoms with Crippen LogP contribution in [0.15, 0.2) is 12.1 Å². The highest BCUT2D eigenvalue weighted by Gasteiger charge is 2.27. The van der Waals surface area contributed by atoms with Gasteiger partial charge in [-0.05, 0) is 51.8 Å². The van der Waals surface area contributed by atoms with Crippen LogP contribution >= 0.6 is 0 Å². The summed E-state index contributed by atoms with van der Waals surface area (Å²) in [6.45, 7) is 7.95. The molecular weight excluding hydrogens is 280 g/mol. The van der Waals surface area contributed by atoms with Gasteiger partial charge in [0, 0.05) is 17.5 Å². The quantitative estimate of drug-likeness (QED) is 0.839. The van der Waals surface area contributed by atoms with Crippen LogP contribution in [-0.2, 0) is 11.2 Å². The minimum atomic E-state index is -0.296. The molecule has 1 amide bonds. The Balaban J connectivity index is 2.38. The van der Waals surface area contributed by atoms with Gasteiger partial charge in [-0.1, -0.05) is 0 Å². The highest BCUT2D eigenvalue weighted by Crippen LogP contribution is 2.35. The molecule has 0 radical (unpaired) electrons. The highest BCUT2D eigenvalue weighted by atomic mass is 16.5. The topological polar surface area (TPSA) is 67.4 Å². The lowest BCUT2D eigenvalue weighted by molar-refractivity contribution is -0.116. The normalized spacial score (nSPS) is 15.8. The monoisotopic (exact) mass is 304 g/mol. The minimum absolute atomic E-state index is 0.0324. The van der Waals surface area contributed by atoms with Crippen LogP contribution in [0, 0.1) is 0 Å². The molecule has 0 saturated heterocycles. The molecule has 0 spiro atoms. The molecule has 0 aromatic heterocycles. The van der Waals surface area contributed by atoms with Crippen molar-refractivity contribution in [2.45, 2.75) is 52.1 Å². The number of methoxy groups -OCH3 is 1. The number of rotatable bonds is 4. The number of hydrogen-bond donors (Lipinski definition) is 2. The first-order valence-corrected chi connectivity index (χ1v) is 7.54. The number of carbonyl (C=O) groups excluding carboxylic acids is 2. The Morgan fingerprint density at radius 2 is 2.00 bits per heavy atom. The van der Waals surface area contributed by atoms with Gasteiger partial charge in [0.25, 0.3) is 0 Å². The third-order valence-electron chi connectivity index (χ3n) is 3.67. The maximum absolute atomic E-state index is 12.8. The minimum Gasteiger partial charge on any atom is -0.495 e. The van der Waals surface area contributed by atoms with Gasteiger partial charge in [0.1, 0.15) is 5.75 Å². The highest BCUT2D eigenvalue weighted by molar-refractivity contribution is 6.05. The second-order valence-electron chi connectivity index (χ2n) is 6.70. The van der Waals surface area contributed by atoms with E-state index >= 15 is 0 Å². The molecule has 5 nitrogen and oxygen atoms in total. The van der Waals surface area contributed by atoms with Crippen molar-refractivity contribution in [2.24, 2.45) is 0 Å². The van der Waals surface area contributed by atoms with E-state index in [1.54, 1.807) is 19.2 Å². The molecule has 1 unspecified atom stereocenters. The molecular formula is C17H24N2O3. The molecule has 1 atom stereocenters. The van der Waals surface area contributed by atoms with Crippen molar-refractivity contribution in [3.8, 4) is 5.75 Å². The van der Waals surface area contributed by atoms with E-state index in [0.29, 0.717) is 29.8 Å². The second kappa shape index (κ2) is 6.08. The predicted molar refractivity (Wildman–Crippen MR) is 86.6 cm³/mol. The van der Waals surface area contributed by atoms with Crippen LogP contribution in [0.1, 0.15) is 50.0 Å². The summed E-state index contributed by atoms with van der Waals surface area (Å²) in [5, 5.41) is 6.12. The molecule has 0 bridgehead atoms. The smallest absolute Gasteiger partial charge is 0.224 e. The molecule has 22 heavy (non-hydrogen) atoms. The molecule has 0 aliphatic carbocycles. The fourth-order valence-electron chi connectivity index (χ4n) is 2.81. The molecule has 0 fully saturated rings. The Kier molecular flexibility index (Phi) is 4.56. The zero-order valence-electron chi connectivity index (χ0n) is 13.9. The first kappa shape index (κ1) is 16.5. The van der Waals surface area contributed by atoms with E-state index in [1.165, 1.54) is 0 Å². The van der Waals surface area contributed by atoms with Crippen molar-refractivity contribution in [3.05, 3.63) is 23.3 Å². The molecule has 1 aromatic rings. The van der Waals surface area contributed by atoms with E-state index in [9.17, 15) is 9.59 Å². The summed E-state index contributed by atoms with van der Waals surface area (Å²) in [6, 6.07) is 3.23. The van der Waals surface area contributed by atoms with Gasteiger partial charge in [0.15, 0.2) is 5.78 Å². The Morgan fingerprint density at radius 3 is 2.59 bits per heavy atom. The van der Waals surface area contributed by atoms with E-state index < -0.39 is 0 Å². The summed E-state index contributed by atoms with van der Waals surface area (Å²) in [4.78, 5) is 24.4. The number of ether oxygens (including phenoxy) is 1. The number of anilines is 1. The number of benzene rings is 1. The van der Waals surface area contributed by atoms with Crippen molar-refractivity contribution >= 4 is 17.4 Å². The summed E-state index contributed by atoms with van der Waals surface area (Å²) in [5.74, 6) is 0.581. The molecule has 1 heterocycles. The fourth-order valence-corrected chi connectivity index (χ4v) is 2.81. The maximum Gasteiger partial charge on any atom is 0.224 e.